The third kappa shape index (κ3) is 5.69. The molecule has 0 unspecified atom stereocenters. The Bertz CT molecular complexity index is 1070. The van der Waals surface area contributed by atoms with Gasteiger partial charge in [0.05, 0.1) is 5.56 Å². The van der Waals surface area contributed by atoms with Gasteiger partial charge in [0, 0.05) is 24.7 Å². The average Bonchev–Trinajstić information content (AvgIpc) is 3.18. The number of aryl methyl sites for hydroxylation is 1. The molecule has 172 valence electrons. The van der Waals surface area contributed by atoms with Crippen LogP contribution in [0.2, 0.25) is 0 Å². The largest absolute Gasteiger partial charge is 0.443 e. The van der Waals surface area contributed by atoms with Crippen molar-refractivity contribution in [2.24, 2.45) is 0 Å². The van der Waals surface area contributed by atoms with E-state index in [4.69, 9.17) is 4.42 Å². The lowest BCUT2D eigenvalue weighted by atomic mass is 10.0. The molecule has 0 saturated carbocycles. The van der Waals surface area contributed by atoms with Gasteiger partial charge in [-0.05, 0) is 44.2 Å². The van der Waals surface area contributed by atoms with Crippen LogP contribution in [0.3, 0.4) is 0 Å². The molecule has 1 N–H and O–H groups in total. The Labute approximate surface area is 195 Å². The number of amides is 2. The maximum Gasteiger partial charge on any atom is 0.274 e. The fraction of sp³-hybridized carbons (Fsp3) is 0.370. The molecule has 6 nitrogen and oxygen atoms in total. The Hall–Kier alpha value is -3.41. The van der Waals surface area contributed by atoms with Crippen molar-refractivity contribution in [2.45, 2.75) is 51.5 Å². The van der Waals surface area contributed by atoms with Crippen molar-refractivity contribution in [1.82, 2.24) is 15.2 Å². The highest BCUT2D eigenvalue weighted by molar-refractivity contribution is 6.04. The van der Waals surface area contributed by atoms with Crippen LogP contribution in [0.4, 0.5) is 0 Å². The topological polar surface area (TPSA) is 75.4 Å². The second-order valence-electron chi connectivity index (χ2n) is 8.68. The maximum absolute atomic E-state index is 13.3. The fourth-order valence-electron chi connectivity index (χ4n) is 4.30. The van der Waals surface area contributed by atoms with Gasteiger partial charge in [0.25, 0.3) is 11.8 Å². The summed E-state index contributed by atoms with van der Waals surface area (Å²) >= 11 is 0. The average molecular weight is 446 g/mol. The Morgan fingerprint density at radius 2 is 1.70 bits per heavy atom. The molecule has 6 heteroatoms. The summed E-state index contributed by atoms with van der Waals surface area (Å²) in [6, 6.07) is 17.5. The van der Waals surface area contributed by atoms with Gasteiger partial charge in [0.2, 0.25) is 0 Å². The molecule has 2 aromatic carbocycles. The Kier molecular flexibility index (Phi) is 7.55. The number of oxazole rings is 1. The summed E-state index contributed by atoms with van der Waals surface area (Å²) in [5.74, 6) is 0.0179. The molecular formula is C27H31N3O3. The van der Waals surface area contributed by atoms with Crippen molar-refractivity contribution in [3.63, 3.8) is 0 Å². The normalized spacial score (nSPS) is 15.0. The Morgan fingerprint density at radius 1 is 1.00 bits per heavy atom. The number of carbonyl (C=O) groups excluding carboxylic acids is 2. The highest BCUT2D eigenvalue weighted by Gasteiger charge is 2.26. The monoisotopic (exact) mass is 445 g/mol. The van der Waals surface area contributed by atoms with Gasteiger partial charge in [-0.15, -0.1) is 0 Å². The van der Waals surface area contributed by atoms with Crippen LogP contribution in [0.15, 0.2) is 65.4 Å². The highest BCUT2D eigenvalue weighted by atomic mass is 16.3. The number of nitrogens with one attached hydrogen (secondary N) is 1. The highest BCUT2D eigenvalue weighted by Crippen LogP contribution is 2.28. The number of rotatable bonds is 7. The van der Waals surface area contributed by atoms with Crippen LogP contribution in [0.25, 0.3) is 11.3 Å². The zero-order valence-corrected chi connectivity index (χ0v) is 19.1. The van der Waals surface area contributed by atoms with Gasteiger partial charge in [-0.2, -0.15) is 0 Å². The van der Waals surface area contributed by atoms with Gasteiger partial charge < -0.3 is 14.6 Å². The Balaban J connectivity index is 1.49. The summed E-state index contributed by atoms with van der Waals surface area (Å²) in [7, 11) is 0. The molecule has 0 bridgehead atoms. The van der Waals surface area contributed by atoms with E-state index in [0.29, 0.717) is 16.9 Å². The summed E-state index contributed by atoms with van der Waals surface area (Å²) < 4.78 is 5.64. The molecule has 1 fully saturated rings. The van der Waals surface area contributed by atoms with E-state index in [1.807, 2.05) is 48.2 Å². The van der Waals surface area contributed by atoms with E-state index in [-0.39, 0.29) is 23.6 Å². The zero-order chi connectivity index (χ0) is 23.0. The van der Waals surface area contributed by atoms with E-state index >= 15 is 0 Å². The van der Waals surface area contributed by atoms with Crippen molar-refractivity contribution in [3.05, 3.63) is 77.8 Å². The van der Waals surface area contributed by atoms with Crippen molar-refractivity contribution < 1.29 is 14.0 Å². The number of carbonyl (C=O) groups is 2. The smallest absolute Gasteiger partial charge is 0.274 e. The standard InChI is InChI=1S/C27H31N3O3/c1-20(15-16-21-11-5-4-6-12-21)29-26(31)24-25(33-19-28-24)22-13-7-8-14-23(22)27(32)30-17-9-2-3-10-18-30/h4-8,11-14,19-20H,2-3,9-10,15-18H2,1H3,(H,29,31)/t20-/m0/s1. The summed E-state index contributed by atoms with van der Waals surface area (Å²) in [5, 5.41) is 3.03. The van der Waals surface area contributed by atoms with E-state index in [0.717, 1.165) is 51.6 Å². The molecule has 3 aromatic rings. The van der Waals surface area contributed by atoms with E-state index in [1.165, 1.54) is 12.0 Å². The summed E-state index contributed by atoms with van der Waals surface area (Å²) in [6.07, 6.45) is 7.30. The van der Waals surface area contributed by atoms with Crippen molar-refractivity contribution >= 4 is 11.8 Å². The lowest BCUT2D eigenvalue weighted by Crippen LogP contribution is -2.34. The van der Waals surface area contributed by atoms with Crippen molar-refractivity contribution in [2.75, 3.05) is 13.1 Å². The predicted molar refractivity (Wildman–Crippen MR) is 128 cm³/mol. The number of hydrogen-bond donors (Lipinski definition) is 1. The first-order chi connectivity index (χ1) is 16.1. The van der Waals surface area contributed by atoms with Crippen molar-refractivity contribution in [3.8, 4) is 11.3 Å². The van der Waals surface area contributed by atoms with Crippen LogP contribution in [-0.4, -0.2) is 40.8 Å². The number of hydrogen-bond acceptors (Lipinski definition) is 4. The molecule has 1 atom stereocenters. The quantitative estimate of drug-likeness (QED) is 0.548. The third-order valence-electron chi connectivity index (χ3n) is 6.16. The first-order valence-electron chi connectivity index (χ1n) is 11.8. The summed E-state index contributed by atoms with van der Waals surface area (Å²) in [5.41, 5.74) is 2.59. The van der Waals surface area contributed by atoms with Crippen LogP contribution in [0, 0.1) is 0 Å². The SMILES string of the molecule is C[C@@H](CCc1ccccc1)NC(=O)c1ncoc1-c1ccccc1C(=O)N1CCCCCC1. The van der Waals surface area contributed by atoms with E-state index in [1.54, 1.807) is 6.07 Å². The Morgan fingerprint density at radius 3 is 2.45 bits per heavy atom. The lowest BCUT2D eigenvalue weighted by Gasteiger charge is -2.21. The maximum atomic E-state index is 13.3. The first-order valence-corrected chi connectivity index (χ1v) is 11.8. The number of likely N-dealkylation sites (tertiary alicyclic amines) is 1. The molecule has 1 saturated heterocycles. The van der Waals surface area contributed by atoms with Gasteiger partial charge in [-0.25, -0.2) is 4.98 Å². The predicted octanol–water partition coefficient (Wildman–Crippen LogP) is 5.11. The minimum absolute atomic E-state index is 0.0218. The van der Waals surface area contributed by atoms with Crippen LogP contribution in [0.1, 0.15) is 65.4 Å². The molecule has 1 aliphatic rings. The van der Waals surface area contributed by atoms with Crippen molar-refractivity contribution in [1.29, 1.82) is 0 Å². The number of aromatic nitrogens is 1. The minimum Gasteiger partial charge on any atom is -0.443 e. The number of nitrogens with zero attached hydrogens (tertiary/aromatic N) is 2. The molecule has 0 radical (unpaired) electrons. The van der Waals surface area contributed by atoms with Crippen LogP contribution in [-0.2, 0) is 6.42 Å². The van der Waals surface area contributed by atoms with Crippen LogP contribution >= 0.6 is 0 Å². The van der Waals surface area contributed by atoms with Gasteiger partial charge >= 0.3 is 0 Å². The fourth-order valence-corrected chi connectivity index (χ4v) is 4.30. The molecule has 0 spiro atoms. The van der Waals surface area contributed by atoms with Gasteiger partial charge in [-0.3, -0.25) is 9.59 Å². The van der Waals surface area contributed by atoms with Gasteiger partial charge in [0.1, 0.15) is 0 Å². The molecule has 4 rings (SSSR count). The minimum atomic E-state index is -0.295. The molecular weight excluding hydrogens is 414 g/mol. The lowest BCUT2D eigenvalue weighted by molar-refractivity contribution is 0.0761. The van der Waals surface area contributed by atoms with Gasteiger partial charge in [0.15, 0.2) is 17.8 Å². The summed E-state index contributed by atoms with van der Waals surface area (Å²) in [4.78, 5) is 32.4. The third-order valence-corrected chi connectivity index (χ3v) is 6.16. The van der Waals surface area contributed by atoms with E-state index in [2.05, 4.69) is 22.4 Å². The van der Waals surface area contributed by atoms with Gasteiger partial charge in [-0.1, -0.05) is 61.4 Å². The zero-order valence-electron chi connectivity index (χ0n) is 19.1. The number of benzene rings is 2. The van der Waals surface area contributed by atoms with E-state index < -0.39 is 0 Å². The van der Waals surface area contributed by atoms with Crippen LogP contribution < -0.4 is 5.32 Å². The summed E-state index contributed by atoms with van der Waals surface area (Å²) in [6.45, 7) is 3.50. The second kappa shape index (κ2) is 10.9. The van der Waals surface area contributed by atoms with E-state index in [9.17, 15) is 9.59 Å². The second-order valence-corrected chi connectivity index (χ2v) is 8.68. The molecule has 1 aromatic heterocycles. The molecule has 33 heavy (non-hydrogen) atoms. The van der Waals surface area contributed by atoms with Crippen LogP contribution in [0.5, 0.6) is 0 Å². The molecule has 2 amide bonds. The molecule has 1 aliphatic heterocycles. The first kappa shape index (κ1) is 22.8. The molecule has 0 aliphatic carbocycles. The molecule has 2 heterocycles.